The third-order valence-corrected chi connectivity index (χ3v) is 1.94. The second-order valence-corrected chi connectivity index (χ2v) is 4.83. The van der Waals surface area contributed by atoms with Gasteiger partial charge in [0.1, 0.15) is 0 Å². The van der Waals surface area contributed by atoms with Crippen molar-refractivity contribution >= 4 is 5.91 Å². The van der Waals surface area contributed by atoms with Crippen LogP contribution in [0.3, 0.4) is 0 Å². The van der Waals surface area contributed by atoms with E-state index in [4.69, 9.17) is 4.74 Å². The van der Waals surface area contributed by atoms with Gasteiger partial charge in [-0.25, -0.2) is 4.39 Å². The summed E-state index contributed by atoms with van der Waals surface area (Å²) < 4.78 is 18.3. The van der Waals surface area contributed by atoms with Crippen molar-refractivity contribution in [2.75, 3.05) is 6.61 Å². The van der Waals surface area contributed by atoms with Gasteiger partial charge in [-0.05, 0) is 32.9 Å². The smallest absolute Gasteiger partial charge is 0.223 e. The maximum Gasteiger partial charge on any atom is 0.223 e. The highest BCUT2D eigenvalue weighted by atomic mass is 19.1. The van der Waals surface area contributed by atoms with Crippen LogP contribution in [0.4, 0.5) is 4.39 Å². The molecule has 0 saturated carbocycles. The highest BCUT2D eigenvalue weighted by molar-refractivity contribution is 5.76. The van der Waals surface area contributed by atoms with Crippen LogP contribution in [0, 0.1) is 5.82 Å². The fraction of sp³-hybridized carbons (Fsp3) is 0.462. The van der Waals surface area contributed by atoms with Crippen molar-refractivity contribution in [3.63, 3.8) is 0 Å². The minimum Gasteiger partial charge on any atom is -0.490 e. The molecule has 0 atom stereocenters. The summed E-state index contributed by atoms with van der Waals surface area (Å²) in [7, 11) is 0. The van der Waals surface area contributed by atoms with Crippen molar-refractivity contribution in [3.8, 4) is 5.75 Å². The predicted octanol–water partition coefficient (Wildman–Crippen LogP) is 2.51. The number of rotatable bonds is 4. The minimum absolute atomic E-state index is 0.103. The first-order chi connectivity index (χ1) is 7.88. The van der Waals surface area contributed by atoms with E-state index in [9.17, 15) is 9.18 Å². The topological polar surface area (TPSA) is 38.3 Å². The van der Waals surface area contributed by atoms with E-state index in [0.29, 0.717) is 0 Å². The number of carbonyl (C=O) groups is 1. The molecule has 0 bridgehead atoms. The standard InChI is InChI=1S/C13H18FNO2/c1-13(2,3)15-12(16)8-9-17-11-7-5-4-6-10(11)14/h4-7H,8-9H2,1-3H3,(H,15,16). The van der Waals surface area contributed by atoms with Crippen LogP contribution in [0.25, 0.3) is 0 Å². The SMILES string of the molecule is CC(C)(C)NC(=O)CCOc1ccccc1F. The van der Waals surface area contributed by atoms with Crippen LogP contribution in [-0.2, 0) is 4.79 Å². The van der Waals surface area contributed by atoms with E-state index in [1.165, 1.54) is 12.1 Å². The van der Waals surface area contributed by atoms with Gasteiger partial charge in [0.2, 0.25) is 5.91 Å². The van der Waals surface area contributed by atoms with E-state index < -0.39 is 5.82 Å². The second-order valence-electron chi connectivity index (χ2n) is 4.83. The molecule has 17 heavy (non-hydrogen) atoms. The van der Waals surface area contributed by atoms with Crippen molar-refractivity contribution in [3.05, 3.63) is 30.1 Å². The van der Waals surface area contributed by atoms with Crippen molar-refractivity contribution in [1.82, 2.24) is 5.32 Å². The van der Waals surface area contributed by atoms with Crippen molar-refractivity contribution in [1.29, 1.82) is 0 Å². The Kier molecular flexibility index (Phi) is 4.49. The molecule has 3 nitrogen and oxygen atoms in total. The molecule has 94 valence electrons. The van der Waals surface area contributed by atoms with E-state index in [1.807, 2.05) is 20.8 Å². The Balaban J connectivity index is 2.34. The lowest BCUT2D eigenvalue weighted by atomic mass is 10.1. The normalized spacial score (nSPS) is 11.1. The van der Waals surface area contributed by atoms with Crippen molar-refractivity contribution in [2.24, 2.45) is 0 Å². The number of carbonyl (C=O) groups excluding carboxylic acids is 1. The van der Waals surface area contributed by atoms with Crippen molar-refractivity contribution in [2.45, 2.75) is 32.7 Å². The fourth-order valence-corrected chi connectivity index (χ4v) is 1.30. The highest BCUT2D eigenvalue weighted by Gasteiger charge is 2.13. The van der Waals surface area contributed by atoms with Crippen LogP contribution in [0.2, 0.25) is 0 Å². The Morgan fingerprint density at radius 1 is 1.35 bits per heavy atom. The number of ether oxygens (including phenoxy) is 1. The van der Waals surface area contributed by atoms with Gasteiger partial charge in [-0.3, -0.25) is 4.79 Å². The van der Waals surface area contributed by atoms with Crippen LogP contribution in [0.15, 0.2) is 24.3 Å². The molecule has 0 aliphatic carbocycles. The number of amides is 1. The summed E-state index contributed by atoms with van der Waals surface area (Å²) in [6.45, 7) is 5.89. The Morgan fingerprint density at radius 3 is 2.59 bits per heavy atom. The zero-order chi connectivity index (χ0) is 12.9. The van der Waals surface area contributed by atoms with E-state index >= 15 is 0 Å². The van der Waals surface area contributed by atoms with E-state index in [2.05, 4.69) is 5.32 Å². The summed E-state index contributed by atoms with van der Waals surface area (Å²) in [5.41, 5.74) is -0.255. The second kappa shape index (κ2) is 5.66. The Bertz CT molecular complexity index is 385. The Morgan fingerprint density at radius 2 is 2.00 bits per heavy atom. The average molecular weight is 239 g/mol. The quantitative estimate of drug-likeness (QED) is 0.876. The maximum atomic E-state index is 13.2. The van der Waals surface area contributed by atoms with Gasteiger partial charge in [-0.15, -0.1) is 0 Å². The average Bonchev–Trinajstić information content (AvgIpc) is 2.18. The molecule has 0 saturated heterocycles. The zero-order valence-electron chi connectivity index (χ0n) is 10.4. The van der Waals surface area contributed by atoms with Crippen LogP contribution in [0.5, 0.6) is 5.75 Å². The van der Waals surface area contributed by atoms with Crippen LogP contribution in [0.1, 0.15) is 27.2 Å². The maximum absolute atomic E-state index is 13.2. The molecule has 1 N–H and O–H groups in total. The summed E-state index contributed by atoms with van der Waals surface area (Å²) in [5, 5.41) is 2.81. The van der Waals surface area contributed by atoms with Gasteiger partial charge >= 0.3 is 0 Å². The summed E-state index contributed by atoms with van der Waals surface area (Å²) in [4.78, 5) is 11.4. The van der Waals surface area contributed by atoms with Crippen LogP contribution >= 0.6 is 0 Å². The van der Waals surface area contributed by atoms with E-state index in [1.54, 1.807) is 12.1 Å². The molecule has 0 fully saturated rings. The number of halogens is 1. The molecule has 0 unspecified atom stereocenters. The molecule has 1 amide bonds. The number of hydrogen-bond acceptors (Lipinski definition) is 2. The number of benzene rings is 1. The largest absolute Gasteiger partial charge is 0.490 e. The summed E-state index contributed by atoms with van der Waals surface area (Å²) >= 11 is 0. The predicted molar refractivity (Wildman–Crippen MR) is 64.4 cm³/mol. The monoisotopic (exact) mass is 239 g/mol. The van der Waals surface area contributed by atoms with Crippen molar-refractivity contribution < 1.29 is 13.9 Å². The zero-order valence-corrected chi connectivity index (χ0v) is 10.4. The molecule has 1 aromatic carbocycles. The van der Waals surface area contributed by atoms with Gasteiger partial charge in [-0.2, -0.15) is 0 Å². The van der Waals surface area contributed by atoms with Gasteiger partial charge < -0.3 is 10.1 Å². The minimum atomic E-state index is -0.413. The first-order valence-corrected chi connectivity index (χ1v) is 5.57. The molecule has 0 aliphatic rings. The van der Waals surface area contributed by atoms with E-state index in [0.717, 1.165) is 0 Å². The van der Waals surface area contributed by atoms with Gasteiger partial charge in [0.25, 0.3) is 0 Å². The molecule has 0 spiro atoms. The molecular formula is C13H18FNO2. The first-order valence-electron chi connectivity index (χ1n) is 5.57. The Hall–Kier alpha value is -1.58. The molecule has 0 aromatic heterocycles. The summed E-state index contributed by atoms with van der Waals surface area (Å²) in [5.74, 6) is -0.339. The summed E-state index contributed by atoms with van der Waals surface area (Å²) in [6.07, 6.45) is 0.214. The molecule has 1 aromatic rings. The molecule has 4 heteroatoms. The molecule has 1 rings (SSSR count). The number of para-hydroxylation sites is 1. The molecule has 0 radical (unpaired) electrons. The van der Waals surface area contributed by atoms with Gasteiger partial charge in [0.15, 0.2) is 11.6 Å². The van der Waals surface area contributed by atoms with Crippen LogP contribution in [-0.4, -0.2) is 18.1 Å². The highest BCUT2D eigenvalue weighted by Crippen LogP contribution is 2.15. The van der Waals surface area contributed by atoms with Crippen LogP contribution < -0.4 is 10.1 Å². The third-order valence-electron chi connectivity index (χ3n) is 1.94. The Labute approximate surface area is 101 Å². The number of hydrogen-bond donors (Lipinski definition) is 1. The molecule has 0 heterocycles. The lowest BCUT2D eigenvalue weighted by Crippen LogP contribution is -2.41. The van der Waals surface area contributed by atoms with E-state index in [-0.39, 0.29) is 30.2 Å². The van der Waals surface area contributed by atoms with Gasteiger partial charge in [-0.1, -0.05) is 12.1 Å². The van der Waals surface area contributed by atoms with Gasteiger partial charge in [0, 0.05) is 5.54 Å². The fourth-order valence-electron chi connectivity index (χ4n) is 1.30. The lowest BCUT2D eigenvalue weighted by Gasteiger charge is -2.20. The molecular weight excluding hydrogens is 221 g/mol. The summed E-state index contributed by atoms with van der Waals surface area (Å²) in [6, 6.07) is 6.14. The number of nitrogens with one attached hydrogen (secondary N) is 1. The first kappa shape index (κ1) is 13.5. The molecule has 0 aliphatic heterocycles. The lowest BCUT2D eigenvalue weighted by molar-refractivity contribution is -0.123. The third kappa shape index (κ3) is 5.33. The van der Waals surface area contributed by atoms with Gasteiger partial charge in [0.05, 0.1) is 13.0 Å².